The monoisotopic (exact) mass is 386 g/mol. The fourth-order valence-corrected chi connectivity index (χ4v) is 4.79. The Hall–Kier alpha value is -2.18. The molecule has 0 unspecified atom stereocenters. The molecule has 2 aromatic carbocycles. The highest BCUT2D eigenvalue weighted by atomic mass is 32.2. The maximum absolute atomic E-state index is 13.1. The molecule has 0 radical (unpaired) electrons. The number of anilines is 1. The van der Waals surface area contributed by atoms with Crippen molar-refractivity contribution in [2.75, 3.05) is 18.5 Å². The van der Waals surface area contributed by atoms with Crippen LogP contribution < -0.4 is 4.90 Å². The third kappa shape index (κ3) is 3.92. The molecule has 0 saturated heterocycles. The number of nitrogens with zero attached hydrogens (tertiary/aromatic N) is 2. The van der Waals surface area contributed by atoms with Gasteiger partial charge in [-0.25, -0.2) is 8.42 Å². The number of carbonyl (C=O) groups excluding carboxylic acids is 1. The molecule has 5 nitrogen and oxygen atoms in total. The van der Waals surface area contributed by atoms with Crippen LogP contribution in [0.5, 0.6) is 0 Å². The highest BCUT2D eigenvalue weighted by molar-refractivity contribution is 7.89. The van der Waals surface area contributed by atoms with Gasteiger partial charge in [-0.2, -0.15) is 4.31 Å². The van der Waals surface area contributed by atoms with Crippen molar-refractivity contribution in [3.8, 4) is 0 Å². The second-order valence-corrected chi connectivity index (χ2v) is 9.30. The minimum absolute atomic E-state index is 0.0153. The summed E-state index contributed by atoms with van der Waals surface area (Å²) in [6, 6.07) is 11.1. The van der Waals surface area contributed by atoms with Crippen molar-refractivity contribution in [1.29, 1.82) is 0 Å². The molecule has 27 heavy (non-hydrogen) atoms. The molecule has 144 valence electrons. The van der Waals surface area contributed by atoms with Gasteiger partial charge in [0.2, 0.25) is 15.9 Å². The van der Waals surface area contributed by atoms with Gasteiger partial charge in [0.1, 0.15) is 0 Å². The molecule has 0 bridgehead atoms. The number of hydrogen-bond donors (Lipinski definition) is 0. The van der Waals surface area contributed by atoms with Crippen LogP contribution in [0, 0.1) is 13.8 Å². The quantitative estimate of drug-likeness (QED) is 0.809. The maximum atomic E-state index is 13.1. The molecule has 0 aliphatic carbocycles. The lowest BCUT2D eigenvalue weighted by Crippen LogP contribution is -2.34. The summed E-state index contributed by atoms with van der Waals surface area (Å²) in [4.78, 5) is 13.8. The average molecular weight is 387 g/mol. The Labute approximate surface area is 161 Å². The van der Waals surface area contributed by atoms with Crippen molar-refractivity contribution >= 4 is 21.6 Å². The molecular formula is C21H26N2O3S. The number of hydrogen-bond acceptors (Lipinski definition) is 3. The molecule has 1 amide bonds. The zero-order chi connectivity index (χ0) is 19.8. The first kappa shape index (κ1) is 19.6. The molecule has 0 atom stereocenters. The summed E-state index contributed by atoms with van der Waals surface area (Å²) >= 11 is 0. The summed E-state index contributed by atoms with van der Waals surface area (Å²) in [5, 5.41) is 0. The van der Waals surface area contributed by atoms with Crippen LogP contribution in [0.25, 0.3) is 0 Å². The van der Waals surface area contributed by atoms with E-state index in [-0.39, 0.29) is 10.8 Å². The number of aryl methyl sites for hydroxylation is 3. The molecule has 0 N–H and O–H groups in total. The first-order valence-corrected chi connectivity index (χ1v) is 10.6. The van der Waals surface area contributed by atoms with Crippen LogP contribution in [0.2, 0.25) is 0 Å². The van der Waals surface area contributed by atoms with E-state index in [1.807, 2.05) is 26.0 Å². The molecular weight excluding hydrogens is 360 g/mol. The lowest BCUT2D eigenvalue weighted by molar-refractivity contribution is -0.116. The van der Waals surface area contributed by atoms with Crippen LogP contribution in [-0.4, -0.2) is 32.2 Å². The molecule has 1 aliphatic heterocycles. The largest absolute Gasteiger partial charge is 0.312 e. The number of fused-ring (bicyclic) bond motifs is 1. The zero-order valence-electron chi connectivity index (χ0n) is 16.3. The summed E-state index contributed by atoms with van der Waals surface area (Å²) in [5.41, 5.74) is 4.97. The molecule has 2 aromatic rings. The molecule has 1 aliphatic rings. The SMILES string of the molecule is CC(=O)N1CCCc2cc(S(=O)(=O)N(C)Cc3ccc(C)cc3C)ccc21. The van der Waals surface area contributed by atoms with Gasteiger partial charge in [0.15, 0.2) is 0 Å². The van der Waals surface area contributed by atoms with Gasteiger partial charge in [-0.15, -0.1) is 0 Å². The van der Waals surface area contributed by atoms with E-state index in [4.69, 9.17) is 0 Å². The summed E-state index contributed by atoms with van der Waals surface area (Å²) in [7, 11) is -2.00. The molecule has 0 spiro atoms. The first-order chi connectivity index (χ1) is 12.7. The van der Waals surface area contributed by atoms with E-state index in [2.05, 4.69) is 6.07 Å². The Kier molecular flexibility index (Phi) is 5.40. The van der Waals surface area contributed by atoms with E-state index < -0.39 is 10.0 Å². The second-order valence-electron chi connectivity index (χ2n) is 7.26. The van der Waals surface area contributed by atoms with E-state index in [0.29, 0.717) is 13.1 Å². The Morgan fingerprint density at radius 1 is 1.15 bits per heavy atom. The summed E-state index contributed by atoms with van der Waals surface area (Å²) in [6.07, 6.45) is 1.62. The van der Waals surface area contributed by atoms with E-state index in [1.165, 1.54) is 11.2 Å². The van der Waals surface area contributed by atoms with Crippen molar-refractivity contribution in [1.82, 2.24) is 4.31 Å². The smallest absolute Gasteiger partial charge is 0.243 e. The van der Waals surface area contributed by atoms with Crippen LogP contribution in [0.3, 0.4) is 0 Å². The standard InChI is InChI=1S/C21H26N2O3S/c1-15-7-8-19(16(2)12-15)14-22(4)27(25,26)20-9-10-21-18(13-20)6-5-11-23(21)17(3)24/h7-10,12-13H,5-6,11,14H2,1-4H3. The third-order valence-corrected chi connectivity index (χ3v) is 6.95. The average Bonchev–Trinajstić information content (AvgIpc) is 2.62. The van der Waals surface area contributed by atoms with Gasteiger partial charge >= 0.3 is 0 Å². The predicted octanol–water partition coefficient (Wildman–Crippen LogP) is 3.42. The summed E-state index contributed by atoms with van der Waals surface area (Å²) in [6.45, 7) is 6.57. The van der Waals surface area contributed by atoms with Gasteiger partial charge in [0.25, 0.3) is 0 Å². The zero-order valence-corrected chi connectivity index (χ0v) is 17.1. The topological polar surface area (TPSA) is 57.7 Å². The lowest BCUT2D eigenvalue weighted by atomic mass is 10.0. The fourth-order valence-electron chi connectivity index (χ4n) is 3.59. The van der Waals surface area contributed by atoms with Crippen LogP contribution in [-0.2, 0) is 27.8 Å². The molecule has 3 rings (SSSR count). The Morgan fingerprint density at radius 3 is 2.56 bits per heavy atom. The third-order valence-electron chi connectivity index (χ3n) is 5.15. The number of benzene rings is 2. The Balaban J connectivity index is 1.89. The molecule has 0 saturated carbocycles. The predicted molar refractivity (Wildman–Crippen MR) is 107 cm³/mol. The minimum Gasteiger partial charge on any atom is -0.312 e. The molecule has 1 heterocycles. The Bertz CT molecular complexity index is 983. The minimum atomic E-state index is -3.61. The van der Waals surface area contributed by atoms with Crippen LogP contribution in [0.4, 0.5) is 5.69 Å². The number of amides is 1. The molecule has 0 fully saturated rings. The van der Waals surface area contributed by atoms with E-state index >= 15 is 0 Å². The molecule has 6 heteroatoms. The maximum Gasteiger partial charge on any atom is 0.243 e. The molecule has 0 aromatic heterocycles. The first-order valence-electron chi connectivity index (χ1n) is 9.13. The highest BCUT2D eigenvalue weighted by Crippen LogP contribution is 2.30. The van der Waals surface area contributed by atoms with Gasteiger partial charge in [-0.1, -0.05) is 23.8 Å². The van der Waals surface area contributed by atoms with Gasteiger partial charge in [0.05, 0.1) is 4.90 Å². The van der Waals surface area contributed by atoms with Gasteiger partial charge in [-0.05, 0) is 61.6 Å². The van der Waals surface area contributed by atoms with Crippen molar-refractivity contribution in [3.63, 3.8) is 0 Å². The van der Waals surface area contributed by atoms with Crippen molar-refractivity contribution in [2.24, 2.45) is 0 Å². The second kappa shape index (κ2) is 7.44. The number of rotatable bonds is 4. The van der Waals surface area contributed by atoms with Crippen LogP contribution in [0.1, 0.15) is 35.6 Å². The highest BCUT2D eigenvalue weighted by Gasteiger charge is 2.25. The van der Waals surface area contributed by atoms with Crippen molar-refractivity contribution in [2.45, 2.75) is 45.1 Å². The van der Waals surface area contributed by atoms with E-state index in [9.17, 15) is 13.2 Å². The van der Waals surface area contributed by atoms with E-state index in [0.717, 1.165) is 40.8 Å². The Morgan fingerprint density at radius 2 is 1.89 bits per heavy atom. The van der Waals surface area contributed by atoms with Crippen LogP contribution in [0.15, 0.2) is 41.3 Å². The number of sulfonamides is 1. The fraction of sp³-hybridized carbons (Fsp3) is 0.381. The lowest BCUT2D eigenvalue weighted by Gasteiger charge is -2.29. The van der Waals surface area contributed by atoms with Gasteiger partial charge in [0, 0.05) is 32.7 Å². The van der Waals surface area contributed by atoms with Gasteiger partial charge < -0.3 is 4.90 Å². The van der Waals surface area contributed by atoms with Gasteiger partial charge in [-0.3, -0.25) is 4.79 Å². The van der Waals surface area contributed by atoms with E-state index in [1.54, 1.807) is 30.1 Å². The number of carbonyl (C=O) groups is 1. The van der Waals surface area contributed by atoms with Crippen molar-refractivity contribution in [3.05, 3.63) is 58.7 Å². The van der Waals surface area contributed by atoms with Crippen molar-refractivity contribution < 1.29 is 13.2 Å². The van der Waals surface area contributed by atoms with Crippen LogP contribution >= 0.6 is 0 Å². The normalized spacial score (nSPS) is 14.3. The summed E-state index contributed by atoms with van der Waals surface area (Å²) < 4.78 is 27.5. The summed E-state index contributed by atoms with van der Waals surface area (Å²) in [5.74, 6) is -0.0153.